The number of guanidine groups is 1. The van der Waals surface area contributed by atoms with Gasteiger partial charge in [0.25, 0.3) is 0 Å². The Morgan fingerprint density at radius 3 is 2.67 bits per heavy atom. The molecule has 3 rings (SSSR count). The Morgan fingerprint density at radius 1 is 1.29 bits per heavy atom. The monoisotopic (exact) mass is 446 g/mol. The summed E-state index contributed by atoms with van der Waals surface area (Å²) in [5.41, 5.74) is 2.78. The molecule has 0 unspecified atom stereocenters. The first kappa shape index (κ1) is 19.5. The quantitative estimate of drug-likeness (QED) is 0.436. The van der Waals surface area contributed by atoms with Gasteiger partial charge < -0.3 is 14.7 Å². The lowest BCUT2D eigenvalue weighted by Crippen LogP contribution is -2.41. The van der Waals surface area contributed by atoms with Gasteiger partial charge in [-0.1, -0.05) is 18.0 Å². The molecule has 1 aromatic rings. The van der Waals surface area contributed by atoms with E-state index in [0.29, 0.717) is 5.41 Å². The summed E-state index contributed by atoms with van der Waals surface area (Å²) in [6.07, 6.45) is 7.86. The molecule has 136 valence electrons. The number of nitrogens with one attached hydrogen (secondary N) is 1. The number of likely N-dealkylation sites (tertiary alicyclic amines) is 1. The molecule has 1 aromatic heterocycles. The third kappa shape index (κ3) is 4.24. The molecule has 0 aromatic carbocycles. The first-order valence-electron chi connectivity index (χ1n) is 9.08. The minimum absolute atomic E-state index is 0. The number of nitrogens with zero attached hydrogens (tertiary/aromatic N) is 3. The van der Waals surface area contributed by atoms with E-state index in [-0.39, 0.29) is 24.0 Å². The van der Waals surface area contributed by atoms with E-state index in [0.717, 1.165) is 43.5 Å². The minimum Gasteiger partial charge on any atom is -0.361 e. The molecular weight excluding hydrogens is 415 g/mol. The standard InChI is InChI=1S/C18H30N4O.HI/c1-4-19-17(20-11-7-16-14(2)21-23-15(16)3)22-12-10-18(13-22)8-5-6-9-18;/h4-13H2,1-3H3,(H,19,20);1H. The van der Waals surface area contributed by atoms with Gasteiger partial charge in [-0.05, 0) is 51.9 Å². The zero-order valence-electron chi connectivity index (χ0n) is 15.2. The van der Waals surface area contributed by atoms with Crippen LogP contribution in [-0.4, -0.2) is 42.2 Å². The van der Waals surface area contributed by atoms with Crippen molar-refractivity contribution in [1.29, 1.82) is 0 Å². The molecule has 1 saturated carbocycles. The van der Waals surface area contributed by atoms with Crippen molar-refractivity contribution in [2.24, 2.45) is 10.4 Å². The van der Waals surface area contributed by atoms with Crippen molar-refractivity contribution in [2.75, 3.05) is 26.2 Å². The summed E-state index contributed by atoms with van der Waals surface area (Å²) < 4.78 is 5.24. The normalized spacial score (nSPS) is 19.8. The Labute approximate surface area is 162 Å². The molecule has 2 fully saturated rings. The molecule has 2 aliphatic rings. The predicted molar refractivity (Wildman–Crippen MR) is 108 cm³/mol. The molecule has 0 amide bonds. The Hall–Kier alpha value is -0.790. The maximum Gasteiger partial charge on any atom is 0.193 e. The van der Waals surface area contributed by atoms with Gasteiger partial charge in [-0.3, -0.25) is 4.99 Å². The summed E-state index contributed by atoms with van der Waals surface area (Å²) in [5, 5.41) is 7.50. The van der Waals surface area contributed by atoms with Crippen molar-refractivity contribution >= 4 is 29.9 Å². The molecule has 0 radical (unpaired) electrons. The molecule has 0 bridgehead atoms. The maximum absolute atomic E-state index is 5.24. The molecule has 5 nitrogen and oxygen atoms in total. The van der Waals surface area contributed by atoms with Gasteiger partial charge in [0.05, 0.1) is 5.69 Å². The number of hydrogen-bond acceptors (Lipinski definition) is 3. The van der Waals surface area contributed by atoms with Crippen LogP contribution >= 0.6 is 24.0 Å². The van der Waals surface area contributed by atoms with Crippen LogP contribution in [0.3, 0.4) is 0 Å². The van der Waals surface area contributed by atoms with Crippen LogP contribution in [0, 0.1) is 19.3 Å². The number of aliphatic imine (C=N–C) groups is 1. The summed E-state index contributed by atoms with van der Waals surface area (Å²) >= 11 is 0. The Balaban J connectivity index is 0.00000208. The highest BCUT2D eigenvalue weighted by atomic mass is 127. The SMILES string of the molecule is CCNC(=NCCc1c(C)noc1C)N1CCC2(CCCC2)C1.I. The topological polar surface area (TPSA) is 53.7 Å². The second-order valence-electron chi connectivity index (χ2n) is 7.17. The largest absolute Gasteiger partial charge is 0.361 e. The molecule has 1 N–H and O–H groups in total. The van der Waals surface area contributed by atoms with E-state index in [1.54, 1.807) is 0 Å². The first-order valence-corrected chi connectivity index (χ1v) is 9.08. The predicted octanol–water partition coefficient (Wildman–Crippen LogP) is 3.68. The van der Waals surface area contributed by atoms with E-state index in [1.807, 2.05) is 13.8 Å². The van der Waals surface area contributed by atoms with Crippen molar-refractivity contribution < 1.29 is 4.52 Å². The lowest BCUT2D eigenvalue weighted by atomic mass is 9.86. The van der Waals surface area contributed by atoms with Crippen LogP contribution in [0.25, 0.3) is 0 Å². The van der Waals surface area contributed by atoms with Crippen LogP contribution in [-0.2, 0) is 6.42 Å². The summed E-state index contributed by atoms with van der Waals surface area (Å²) in [6.45, 7) is 10.2. The second-order valence-corrected chi connectivity index (χ2v) is 7.17. The third-order valence-electron chi connectivity index (χ3n) is 5.54. The summed E-state index contributed by atoms with van der Waals surface area (Å²) in [4.78, 5) is 7.34. The average Bonchev–Trinajstić information content (AvgIpc) is 3.24. The molecule has 24 heavy (non-hydrogen) atoms. The fourth-order valence-corrected chi connectivity index (χ4v) is 4.21. The van der Waals surface area contributed by atoms with Gasteiger partial charge in [0, 0.05) is 31.7 Å². The lowest BCUT2D eigenvalue weighted by Gasteiger charge is -2.26. The lowest BCUT2D eigenvalue weighted by molar-refractivity contribution is 0.309. The second kappa shape index (κ2) is 8.54. The van der Waals surface area contributed by atoms with E-state index < -0.39 is 0 Å². The molecule has 1 aliphatic carbocycles. The number of rotatable bonds is 4. The van der Waals surface area contributed by atoms with E-state index in [1.165, 1.54) is 44.2 Å². The van der Waals surface area contributed by atoms with Gasteiger partial charge in [-0.15, -0.1) is 24.0 Å². The smallest absolute Gasteiger partial charge is 0.193 e. The van der Waals surface area contributed by atoms with Crippen molar-refractivity contribution in [3.8, 4) is 0 Å². The van der Waals surface area contributed by atoms with Gasteiger partial charge >= 0.3 is 0 Å². The van der Waals surface area contributed by atoms with Gasteiger partial charge in [-0.25, -0.2) is 0 Å². The first-order chi connectivity index (χ1) is 11.1. The number of hydrogen-bond donors (Lipinski definition) is 1. The molecule has 6 heteroatoms. The van der Waals surface area contributed by atoms with Crippen molar-refractivity contribution in [2.45, 2.75) is 59.3 Å². The van der Waals surface area contributed by atoms with Crippen LogP contribution in [0.15, 0.2) is 9.52 Å². The molecule has 0 atom stereocenters. The number of aryl methyl sites for hydroxylation is 2. The summed E-state index contributed by atoms with van der Waals surface area (Å²) in [7, 11) is 0. The van der Waals surface area contributed by atoms with E-state index >= 15 is 0 Å². The fourth-order valence-electron chi connectivity index (χ4n) is 4.21. The molecule has 1 spiro atoms. The summed E-state index contributed by atoms with van der Waals surface area (Å²) in [6, 6.07) is 0. The highest BCUT2D eigenvalue weighted by molar-refractivity contribution is 14.0. The van der Waals surface area contributed by atoms with Crippen molar-refractivity contribution in [3.05, 3.63) is 17.0 Å². The maximum atomic E-state index is 5.24. The molecule has 2 heterocycles. The fraction of sp³-hybridized carbons (Fsp3) is 0.778. The minimum atomic E-state index is 0. The summed E-state index contributed by atoms with van der Waals surface area (Å²) in [5.74, 6) is 2.01. The number of halogens is 1. The van der Waals surface area contributed by atoms with E-state index in [4.69, 9.17) is 9.52 Å². The van der Waals surface area contributed by atoms with Crippen LogP contribution in [0.4, 0.5) is 0 Å². The van der Waals surface area contributed by atoms with Crippen molar-refractivity contribution in [1.82, 2.24) is 15.4 Å². The van der Waals surface area contributed by atoms with Gasteiger partial charge in [0.15, 0.2) is 5.96 Å². The van der Waals surface area contributed by atoms with E-state index in [2.05, 4.69) is 22.3 Å². The molecule has 1 aliphatic heterocycles. The zero-order valence-corrected chi connectivity index (χ0v) is 17.6. The Bertz CT molecular complexity index is 544. The van der Waals surface area contributed by atoms with Crippen molar-refractivity contribution in [3.63, 3.8) is 0 Å². The van der Waals surface area contributed by atoms with Crippen LogP contribution < -0.4 is 5.32 Å². The van der Waals surface area contributed by atoms with Gasteiger partial charge in [-0.2, -0.15) is 0 Å². The molecular formula is C18H31IN4O. The van der Waals surface area contributed by atoms with Crippen LogP contribution in [0.5, 0.6) is 0 Å². The average molecular weight is 446 g/mol. The Kier molecular flexibility index (Phi) is 6.95. The highest BCUT2D eigenvalue weighted by Crippen LogP contribution is 2.45. The van der Waals surface area contributed by atoms with Crippen LogP contribution in [0.2, 0.25) is 0 Å². The van der Waals surface area contributed by atoms with Gasteiger partial charge in [0.1, 0.15) is 5.76 Å². The third-order valence-corrected chi connectivity index (χ3v) is 5.54. The van der Waals surface area contributed by atoms with Gasteiger partial charge in [0.2, 0.25) is 0 Å². The number of aromatic nitrogens is 1. The van der Waals surface area contributed by atoms with E-state index in [9.17, 15) is 0 Å². The highest BCUT2D eigenvalue weighted by Gasteiger charge is 2.41. The van der Waals surface area contributed by atoms with Crippen LogP contribution in [0.1, 0.15) is 56.0 Å². The molecule has 1 saturated heterocycles. The Morgan fingerprint density at radius 2 is 2.04 bits per heavy atom. The zero-order chi connectivity index (χ0) is 16.3.